The minimum absolute atomic E-state index is 0.286. The molecule has 2 rings (SSSR count). The fraction of sp³-hybridized carbons (Fsp3) is 0.235. The Labute approximate surface area is 148 Å². The second-order valence-corrected chi connectivity index (χ2v) is 5.30. The number of amides is 1. The Hall–Kier alpha value is -2.41. The number of methoxy groups -OCH3 is 1. The van der Waals surface area contributed by atoms with Crippen molar-refractivity contribution in [2.75, 3.05) is 24.8 Å². The predicted molar refractivity (Wildman–Crippen MR) is 93.4 cm³/mol. The highest BCUT2D eigenvalue weighted by molar-refractivity contribution is 6.31. The number of hydrogen-bond acceptors (Lipinski definition) is 3. The molecule has 25 heavy (non-hydrogen) atoms. The molecule has 0 unspecified atom stereocenters. The summed E-state index contributed by atoms with van der Waals surface area (Å²) < 4.78 is 41.8. The molecule has 0 aliphatic heterocycles. The van der Waals surface area contributed by atoms with E-state index in [2.05, 4.69) is 10.6 Å². The average Bonchev–Trinajstić information content (AvgIpc) is 2.57. The molecular weight excluding hydrogens is 357 g/mol. The van der Waals surface area contributed by atoms with Gasteiger partial charge >= 0.3 is 6.18 Å². The fourth-order valence-corrected chi connectivity index (χ4v) is 2.10. The summed E-state index contributed by atoms with van der Waals surface area (Å²) in [5, 5.41) is 4.87. The molecule has 0 radical (unpaired) electrons. The second-order valence-electron chi connectivity index (χ2n) is 4.89. The summed E-state index contributed by atoms with van der Waals surface area (Å²) in [6.45, 7) is 1.95. The van der Waals surface area contributed by atoms with Gasteiger partial charge in [-0.3, -0.25) is 4.79 Å². The van der Waals surface area contributed by atoms with Crippen LogP contribution in [0.5, 0.6) is 5.75 Å². The van der Waals surface area contributed by atoms with Crippen LogP contribution in [0, 0.1) is 6.92 Å². The van der Waals surface area contributed by atoms with Crippen molar-refractivity contribution in [3.05, 3.63) is 52.5 Å². The smallest absolute Gasteiger partial charge is 0.417 e. The van der Waals surface area contributed by atoms with Gasteiger partial charge in [-0.2, -0.15) is 13.2 Å². The maximum atomic E-state index is 12.3. The van der Waals surface area contributed by atoms with E-state index >= 15 is 0 Å². The lowest BCUT2D eigenvalue weighted by Gasteiger charge is -2.10. The molecule has 0 spiro atoms. The van der Waals surface area contributed by atoms with Gasteiger partial charge in [0.05, 0.1) is 17.7 Å². The average molecular weight is 375 g/mol. The van der Waals surface area contributed by atoms with Crippen molar-refractivity contribution in [1.82, 2.24) is 0 Å². The van der Waals surface area contributed by atoms with Gasteiger partial charge in [0.15, 0.2) is 0 Å². The van der Waals surface area contributed by atoms with Gasteiger partial charge in [0.25, 0.3) is 0 Å². The third kappa shape index (κ3) is 6.19. The van der Waals surface area contributed by atoms with E-state index in [0.29, 0.717) is 12.1 Å². The largest absolute Gasteiger partial charge is 0.496 e. The van der Waals surface area contributed by atoms with E-state index in [1.54, 1.807) is 20.2 Å². The number of hydrogen-bond donors (Lipinski definition) is 2. The van der Waals surface area contributed by atoms with E-state index in [0.717, 1.165) is 23.1 Å². The van der Waals surface area contributed by atoms with Gasteiger partial charge in [-0.1, -0.05) is 17.7 Å². The fourth-order valence-electron chi connectivity index (χ4n) is 1.88. The Morgan fingerprint density at radius 1 is 1.12 bits per heavy atom. The van der Waals surface area contributed by atoms with Crippen molar-refractivity contribution in [3.8, 4) is 5.75 Å². The normalized spacial score (nSPS) is 10.4. The number of benzene rings is 2. The maximum Gasteiger partial charge on any atom is 0.417 e. The molecule has 0 aliphatic carbocycles. The van der Waals surface area contributed by atoms with Gasteiger partial charge in [-0.15, -0.1) is 0 Å². The van der Waals surface area contributed by atoms with Crippen molar-refractivity contribution >= 4 is 29.4 Å². The molecule has 136 valence electrons. The van der Waals surface area contributed by atoms with Crippen LogP contribution < -0.4 is 15.4 Å². The summed E-state index contributed by atoms with van der Waals surface area (Å²) in [4.78, 5) is 10.1. The lowest BCUT2D eigenvalue weighted by atomic mass is 10.2. The number of carbonyl (C=O) groups is 1. The number of ether oxygens (including phenoxy) is 1. The van der Waals surface area contributed by atoms with Crippen LogP contribution in [0.25, 0.3) is 0 Å². The van der Waals surface area contributed by atoms with Crippen LogP contribution in [0.1, 0.15) is 11.1 Å². The number of carbonyl (C=O) groups excluding carboxylic acids is 1. The Morgan fingerprint density at radius 2 is 1.76 bits per heavy atom. The second kappa shape index (κ2) is 9.17. The molecule has 0 atom stereocenters. The van der Waals surface area contributed by atoms with Gasteiger partial charge in [0.1, 0.15) is 5.75 Å². The first-order chi connectivity index (χ1) is 11.7. The molecule has 0 aromatic heterocycles. The monoisotopic (exact) mass is 374 g/mol. The topological polar surface area (TPSA) is 50.4 Å². The maximum absolute atomic E-state index is 12.3. The summed E-state index contributed by atoms with van der Waals surface area (Å²) in [5.41, 5.74) is 1.36. The quantitative estimate of drug-likeness (QED) is 0.743. The molecule has 2 N–H and O–H groups in total. The molecule has 0 bridgehead atoms. The molecule has 0 aliphatic rings. The van der Waals surface area contributed by atoms with Crippen LogP contribution in [-0.4, -0.2) is 20.6 Å². The van der Waals surface area contributed by atoms with Gasteiger partial charge in [-0.25, -0.2) is 0 Å². The van der Waals surface area contributed by atoms with E-state index in [1.165, 1.54) is 12.1 Å². The molecule has 0 saturated carbocycles. The zero-order valence-electron chi connectivity index (χ0n) is 13.9. The van der Waals surface area contributed by atoms with Crippen molar-refractivity contribution in [2.45, 2.75) is 13.1 Å². The van der Waals surface area contributed by atoms with E-state index in [1.807, 2.05) is 19.1 Å². The lowest BCUT2D eigenvalue weighted by Crippen LogP contribution is -2.06. The standard InChI is InChI=1S/C9H11NO2.C8H7ClF3N/c1-7-3-4-8(10-6-11)5-9(7)12-2;1-13-5-2-3-7(9)6(4-5)8(10,11)12/h3-6H,1-2H3,(H,10,11);2-4,13H,1H3. The van der Waals surface area contributed by atoms with Crippen LogP contribution >= 0.6 is 11.6 Å². The van der Waals surface area contributed by atoms with Crippen LogP contribution in [-0.2, 0) is 11.0 Å². The van der Waals surface area contributed by atoms with Crippen molar-refractivity contribution in [1.29, 1.82) is 0 Å². The molecule has 0 saturated heterocycles. The van der Waals surface area contributed by atoms with Crippen LogP contribution in [0.4, 0.5) is 24.5 Å². The summed E-state index contributed by atoms with van der Waals surface area (Å²) in [6, 6.07) is 9.18. The first-order valence-corrected chi connectivity index (χ1v) is 7.50. The zero-order valence-corrected chi connectivity index (χ0v) is 14.6. The van der Waals surface area contributed by atoms with Crippen LogP contribution in [0.3, 0.4) is 0 Å². The van der Waals surface area contributed by atoms with Crippen molar-refractivity contribution in [3.63, 3.8) is 0 Å². The molecular formula is C17H18ClF3N2O2. The van der Waals surface area contributed by atoms with E-state index < -0.39 is 11.7 Å². The number of anilines is 2. The van der Waals surface area contributed by atoms with Crippen LogP contribution in [0.15, 0.2) is 36.4 Å². The molecule has 2 aromatic rings. The first kappa shape index (κ1) is 20.6. The molecule has 4 nitrogen and oxygen atoms in total. The van der Waals surface area contributed by atoms with Crippen molar-refractivity contribution < 1.29 is 22.7 Å². The minimum atomic E-state index is -4.40. The Morgan fingerprint density at radius 3 is 2.28 bits per heavy atom. The van der Waals surface area contributed by atoms with Crippen molar-refractivity contribution in [2.24, 2.45) is 0 Å². The Bertz CT molecular complexity index is 722. The number of halogens is 4. The van der Waals surface area contributed by atoms with Crippen LogP contribution in [0.2, 0.25) is 5.02 Å². The highest BCUT2D eigenvalue weighted by Gasteiger charge is 2.33. The summed E-state index contributed by atoms with van der Waals surface area (Å²) in [5.74, 6) is 0.779. The first-order valence-electron chi connectivity index (χ1n) is 7.12. The summed E-state index contributed by atoms with van der Waals surface area (Å²) in [7, 11) is 3.15. The third-order valence-electron chi connectivity index (χ3n) is 3.19. The molecule has 8 heteroatoms. The number of aryl methyl sites for hydroxylation is 1. The predicted octanol–water partition coefficient (Wildman–Crippen LogP) is 4.97. The Kier molecular flexibility index (Phi) is 7.57. The minimum Gasteiger partial charge on any atom is -0.496 e. The number of rotatable bonds is 4. The van der Waals surface area contributed by atoms with E-state index in [4.69, 9.17) is 16.3 Å². The third-order valence-corrected chi connectivity index (χ3v) is 3.52. The van der Waals surface area contributed by atoms with Gasteiger partial charge in [-0.05, 0) is 36.8 Å². The van der Waals surface area contributed by atoms with E-state index in [9.17, 15) is 18.0 Å². The van der Waals surface area contributed by atoms with Gasteiger partial charge < -0.3 is 15.4 Å². The SMILES string of the molecule is CNc1ccc(Cl)c(C(F)(F)F)c1.COc1cc(NC=O)ccc1C. The zero-order chi connectivity index (χ0) is 19.0. The summed E-state index contributed by atoms with van der Waals surface area (Å²) in [6.07, 6.45) is -3.76. The lowest BCUT2D eigenvalue weighted by molar-refractivity contribution is -0.137. The summed E-state index contributed by atoms with van der Waals surface area (Å²) >= 11 is 5.39. The number of alkyl halides is 3. The molecule has 1 amide bonds. The molecule has 0 fully saturated rings. The van der Waals surface area contributed by atoms with E-state index in [-0.39, 0.29) is 5.02 Å². The van der Waals surface area contributed by atoms with Gasteiger partial charge in [0, 0.05) is 24.5 Å². The number of nitrogens with one attached hydrogen (secondary N) is 2. The molecule has 0 heterocycles. The van der Waals surface area contributed by atoms with Gasteiger partial charge in [0.2, 0.25) is 6.41 Å². The molecule has 2 aromatic carbocycles. The highest BCUT2D eigenvalue weighted by Crippen LogP contribution is 2.35. The Balaban J connectivity index is 0.000000251. The highest BCUT2D eigenvalue weighted by atomic mass is 35.5.